The van der Waals surface area contributed by atoms with Crippen molar-refractivity contribution in [1.29, 1.82) is 0 Å². The Morgan fingerprint density at radius 2 is 2.06 bits per heavy atom. The maximum atomic E-state index is 13.2. The van der Waals surface area contributed by atoms with E-state index < -0.39 is 0 Å². The molecule has 3 aromatic heterocycles. The number of carbonyl (C=O) groups is 1. The van der Waals surface area contributed by atoms with Crippen LogP contribution in [-0.4, -0.2) is 71.0 Å². The van der Waals surface area contributed by atoms with Crippen LogP contribution in [0.4, 0.5) is 0 Å². The van der Waals surface area contributed by atoms with Gasteiger partial charge in [-0.15, -0.1) is 11.3 Å². The molecule has 0 unspecified atom stereocenters. The fourth-order valence-electron chi connectivity index (χ4n) is 4.15. The monoisotopic (exact) mass is 437 g/mol. The van der Waals surface area contributed by atoms with Crippen LogP contribution < -0.4 is 10.3 Å². The molecule has 1 atom stereocenters. The Morgan fingerprint density at radius 3 is 2.81 bits per heavy atom. The summed E-state index contributed by atoms with van der Waals surface area (Å²) in [6.07, 6.45) is 0.955. The van der Waals surface area contributed by atoms with Crippen molar-refractivity contribution in [1.82, 2.24) is 24.8 Å². The molecule has 1 aliphatic heterocycles. The lowest BCUT2D eigenvalue weighted by molar-refractivity contribution is 0.0780. The number of fused-ring (bicyclic) bond motifs is 2. The molecule has 1 aromatic carbocycles. The minimum absolute atomic E-state index is 0.0403. The van der Waals surface area contributed by atoms with Crippen molar-refractivity contribution in [3.05, 3.63) is 44.9 Å². The van der Waals surface area contributed by atoms with Crippen LogP contribution in [0.2, 0.25) is 0 Å². The first-order valence-electron chi connectivity index (χ1n) is 10.1. The third-order valence-electron chi connectivity index (χ3n) is 5.94. The highest BCUT2D eigenvalue weighted by atomic mass is 32.1. The number of likely N-dealkylation sites (N-methyl/N-ethyl adjacent to an activating group) is 1. The number of amides is 1. The van der Waals surface area contributed by atoms with Gasteiger partial charge in [-0.1, -0.05) is 0 Å². The van der Waals surface area contributed by atoms with Crippen molar-refractivity contribution in [2.24, 2.45) is 0 Å². The summed E-state index contributed by atoms with van der Waals surface area (Å²) in [7, 11) is 5.64. The molecule has 31 heavy (non-hydrogen) atoms. The largest absolute Gasteiger partial charge is 0.496 e. The Balaban J connectivity index is 1.54. The molecule has 4 heterocycles. The molecule has 5 rings (SSSR count). The second kappa shape index (κ2) is 7.51. The van der Waals surface area contributed by atoms with Crippen molar-refractivity contribution in [3.63, 3.8) is 0 Å². The Labute approximate surface area is 182 Å². The van der Waals surface area contributed by atoms with E-state index in [1.807, 2.05) is 48.0 Å². The first kappa shape index (κ1) is 19.8. The number of hydrogen-bond acceptors (Lipinski definition) is 6. The molecule has 0 radical (unpaired) electrons. The summed E-state index contributed by atoms with van der Waals surface area (Å²) in [4.78, 5) is 40.4. The molecule has 1 saturated heterocycles. The third kappa shape index (κ3) is 3.39. The number of nitrogens with zero attached hydrogens (tertiary/aromatic N) is 3. The predicted molar refractivity (Wildman–Crippen MR) is 122 cm³/mol. The number of ether oxygens (including phenoxy) is 1. The van der Waals surface area contributed by atoms with Crippen LogP contribution in [0.15, 0.2) is 33.8 Å². The lowest BCUT2D eigenvalue weighted by atomic mass is 10.1. The van der Waals surface area contributed by atoms with Gasteiger partial charge in [-0.2, -0.15) is 0 Å². The number of nitrogens with one attached hydrogen (secondary N) is 2. The van der Waals surface area contributed by atoms with Gasteiger partial charge in [0.1, 0.15) is 5.75 Å². The molecule has 4 aromatic rings. The maximum absolute atomic E-state index is 13.2. The molecule has 2 N–H and O–H groups in total. The number of aromatic nitrogens is 3. The number of likely N-dealkylation sites (tertiary alicyclic amines) is 1. The van der Waals surface area contributed by atoms with Gasteiger partial charge in [0.25, 0.3) is 11.5 Å². The molecule has 160 valence electrons. The van der Waals surface area contributed by atoms with E-state index in [2.05, 4.69) is 19.9 Å². The number of thiophene rings is 1. The quantitative estimate of drug-likeness (QED) is 0.512. The zero-order chi connectivity index (χ0) is 21.7. The molecule has 8 nitrogen and oxygen atoms in total. The Bertz CT molecular complexity index is 1350. The standard InChI is InChI=1S/C22H23N5O3S/c1-26(2)13-4-5-27(9-13)22(29)14-6-12-7-16(23-15(12)8-19(14)30-3)20-21(28)25-18-11-31-10-17(18)24-20/h6-8,10-11,13,23H,4-5,9H2,1-3H3,(H,25,28)/t13-/m0/s1. The Hall–Kier alpha value is -3.17. The van der Waals surface area contributed by atoms with E-state index in [9.17, 15) is 9.59 Å². The van der Waals surface area contributed by atoms with Crippen molar-refractivity contribution in [3.8, 4) is 17.1 Å². The molecule has 0 bridgehead atoms. The average Bonchev–Trinajstić information content (AvgIpc) is 3.49. The molecule has 1 amide bonds. The smallest absolute Gasteiger partial charge is 0.276 e. The highest BCUT2D eigenvalue weighted by Gasteiger charge is 2.30. The van der Waals surface area contributed by atoms with E-state index in [-0.39, 0.29) is 11.5 Å². The highest BCUT2D eigenvalue weighted by molar-refractivity contribution is 7.09. The summed E-state index contributed by atoms with van der Waals surface area (Å²) in [5, 5.41) is 4.59. The molecule has 1 aliphatic rings. The van der Waals surface area contributed by atoms with Gasteiger partial charge in [-0.05, 0) is 32.6 Å². The topological polar surface area (TPSA) is 94.3 Å². The number of carbonyl (C=O) groups excluding carboxylic acids is 1. The number of rotatable bonds is 4. The van der Waals surface area contributed by atoms with Gasteiger partial charge in [0.15, 0.2) is 5.69 Å². The molecular weight excluding hydrogens is 414 g/mol. The lowest BCUT2D eigenvalue weighted by Crippen LogP contribution is -2.34. The normalized spacial score (nSPS) is 16.6. The van der Waals surface area contributed by atoms with Gasteiger partial charge in [-0.25, -0.2) is 4.98 Å². The summed E-state index contributed by atoms with van der Waals surface area (Å²) in [5.74, 6) is 0.468. The SMILES string of the molecule is COc1cc2[nH]c(-c3nc4cscc4[nH]c3=O)cc2cc1C(=O)N1CC[C@H](N(C)C)C1. The van der Waals surface area contributed by atoms with Crippen molar-refractivity contribution < 1.29 is 9.53 Å². The highest BCUT2D eigenvalue weighted by Crippen LogP contribution is 2.31. The van der Waals surface area contributed by atoms with Crippen LogP contribution in [0.1, 0.15) is 16.8 Å². The summed E-state index contributed by atoms with van der Waals surface area (Å²) >= 11 is 1.49. The third-order valence-corrected chi connectivity index (χ3v) is 6.68. The summed E-state index contributed by atoms with van der Waals surface area (Å²) < 4.78 is 5.53. The second-order valence-electron chi connectivity index (χ2n) is 8.07. The molecule has 9 heteroatoms. The van der Waals surface area contributed by atoms with Gasteiger partial charge < -0.3 is 24.5 Å². The fourth-order valence-corrected chi connectivity index (χ4v) is 4.84. The average molecular weight is 438 g/mol. The van der Waals surface area contributed by atoms with Crippen molar-refractivity contribution in [2.75, 3.05) is 34.3 Å². The lowest BCUT2D eigenvalue weighted by Gasteiger charge is -2.21. The van der Waals surface area contributed by atoms with Crippen molar-refractivity contribution >= 4 is 39.2 Å². The van der Waals surface area contributed by atoms with E-state index in [1.54, 1.807) is 7.11 Å². The van der Waals surface area contributed by atoms with Gasteiger partial charge in [0, 0.05) is 46.9 Å². The summed E-state index contributed by atoms with van der Waals surface area (Å²) in [5.41, 5.74) is 3.44. The number of hydrogen-bond donors (Lipinski definition) is 2. The van der Waals surface area contributed by atoms with Crippen LogP contribution in [0.5, 0.6) is 5.75 Å². The summed E-state index contributed by atoms with van der Waals surface area (Å²) in [6, 6.07) is 5.86. The maximum Gasteiger partial charge on any atom is 0.276 e. The molecule has 0 aliphatic carbocycles. The number of H-pyrrole nitrogens is 2. The van der Waals surface area contributed by atoms with Gasteiger partial charge in [-0.3, -0.25) is 9.59 Å². The first-order chi connectivity index (χ1) is 14.9. The van der Waals surface area contributed by atoms with E-state index in [0.717, 1.165) is 34.9 Å². The van der Waals surface area contributed by atoms with Crippen LogP contribution in [0.3, 0.4) is 0 Å². The zero-order valence-electron chi connectivity index (χ0n) is 17.6. The number of benzene rings is 1. The Kier molecular flexibility index (Phi) is 4.79. The Morgan fingerprint density at radius 1 is 1.23 bits per heavy atom. The van der Waals surface area contributed by atoms with E-state index >= 15 is 0 Å². The predicted octanol–water partition coefficient (Wildman–Crippen LogP) is 2.92. The minimum atomic E-state index is -0.257. The van der Waals surface area contributed by atoms with E-state index in [0.29, 0.717) is 35.3 Å². The van der Waals surface area contributed by atoms with E-state index in [1.165, 1.54) is 11.3 Å². The minimum Gasteiger partial charge on any atom is -0.496 e. The van der Waals surface area contributed by atoms with Gasteiger partial charge >= 0.3 is 0 Å². The number of methoxy groups -OCH3 is 1. The number of aromatic amines is 2. The molecule has 0 saturated carbocycles. The van der Waals surface area contributed by atoms with Crippen molar-refractivity contribution in [2.45, 2.75) is 12.5 Å². The van der Waals surface area contributed by atoms with Crippen LogP contribution >= 0.6 is 11.3 Å². The molecule has 1 fully saturated rings. The van der Waals surface area contributed by atoms with Gasteiger partial charge in [0.2, 0.25) is 0 Å². The molecular formula is C22H23N5O3S. The fraction of sp³-hybridized carbons (Fsp3) is 0.318. The van der Waals surface area contributed by atoms with Crippen LogP contribution in [-0.2, 0) is 0 Å². The van der Waals surface area contributed by atoms with Crippen LogP contribution in [0.25, 0.3) is 33.3 Å². The van der Waals surface area contributed by atoms with Gasteiger partial charge in [0.05, 0.1) is 29.4 Å². The van der Waals surface area contributed by atoms with Crippen LogP contribution in [0, 0.1) is 0 Å². The first-order valence-corrected chi connectivity index (χ1v) is 11.0. The zero-order valence-corrected chi connectivity index (χ0v) is 18.4. The van der Waals surface area contributed by atoms with E-state index in [4.69, 9.17) is 4.74 Å². The summed E-state index contributed by atoms with van der Waals surface area (Å²) in [6.45, 7) is 1.42. The molecule has 0 spiro atoms. The second-order valence-corrected chi connectivity index (χ2v) is 8.81.